The lowest BCUT2D eigenvalue weighted by atomic mass is 9.77. The van der Waals surface area contributed by atoms with Crippen LogP contribution in [0.15, 0.2) is 10.8 Å². The minimum Gasteiger partial charge on any atom is -0.271 e. The Morgan fingerprint density at radius 3 is 1.61 bits per heavy atom. The van der Waals surface area contributed by atoms with Gasteiger partial charge in [-0.15, -0.1) is 0 Å². The highest BCUT2D eigenvalue weighted by Gasteiger charge is 2.45. The molecule has 0 aromatic carbocycles. The molecule has 0 saturated heterocycles. The summed E-state index contributed by atoms with van der Waals surface area (Å²) in [5.74, 6) is 0.760. The number of unbranched alkanes of at least 4 members (excludes halogenated alkanes) is 9. The third kappa shape index (κ3) is 7.94. The maximum atomic E-state index is 13.4. The first-order chi connectivity index (χ1) is 16.1. The van der Waals surface area contributed by atoms with Gasteiger partial charge in [0, 0.05) is 16.8 Å². The standard InChI is InChI=1S/C29H49NO2S/c1-5-9-11-13-15-16-19-23(8-4)27(24(18-7-3)20-17-14-12-10-6-2)30-28(31)25-21-33-22-26(25)29(30)32/h21-24,27H,5-20H2,1-4H3. The summed E-state index contributed by atoms with van der Waals surface area (Å²) in [6, 6.07) is 0.0502. The van der Waals surface area contributed by atoms with Crippen molar-refractivity contribution in [3.8, 4) is 0 Å². The molecule has 0 saturated carbocycles. The maximum absolute atomic E-state index is 13.4. The summed E-state index contributed by atoms with van der Waals surface area (Å²) in [6.45, 7) is 9.03. The molecule has 0 aliphatic carbocycles. The van der Waals surface area contributed by atoms with Crippen molar-refractivity contribution >= 4 is 23.2 Å². The molecule has 0 bridgehead atoms. The highest BCUT2D eigenvalue weighted by molar-refractivity contribution is 7.08. The molecule has 1 aliphatic rings. The summed E-state index contributed by atoms with van der Waals surface area (Å²) in [5, 5.41) is 3.75. The second kappa shape index (κ2) is 15.7. The number of carbonyl (C=O) groups is 2. The summed E-state index contributed by atoms with van der Waals surface area (Å²) in [6.07, 6.45) is 19.6. The van der Waals surface area contributed by atoms with Gasteiger partial charge in [-0.2, -0.15) is 11.3 Å². The molecule has 3 atom stereocenters. The van der Waals surface area contributed by atoms with E-state index < -0.39 is 0 Å². The molecule has 33 heavy (non-hydrogen) atoms. The highest BCUT2D eigenvalue weighted by Crippen LogP contribution is 2.38. The summed E-state index contributed by atoms with van der Waals surface area (Å²) >= 11 is 1.47. The number of amides is 2. The normalized spacial score (nSPS) is 16.3. The molecular weight excluding hydrogens is 426 g/mol. The van der Waals surface area contributed by atoms with Crippen LogP contribution in [0.4, 0.5) is 0 Å². The number of fused-ring (bicyclic) bond motifs is 1. The molecule has 4 heteroatoms. The van der Waals surface area contributed by atoms with E-state index in [1.54, 1.807) is 4.90 Å². The minimum absolute atomic E-state index is 0.0327. The lowest BCUT2D eigenvalue weighted by molar-refractivity contribution is 0.0394. The molecule has 0 fully saturated rings. The minimum atomic E-state index is -0.0327. The van der Waals surface area contributed by atoms with Crippen LogP contribution in [0.5, 0.6) is 0 Å². The first kappa shape index (κ1) is 28.1. The van der Waals surface area contributed by atoms with Crippen molar-refractivity contribution in [2.24, 2.45) is 11.8 Å². The van der Waals surface area contributed by atoms with Crippen molar-refractivity contribution in [3.63, 3.8) is 0 Å². The van der Waals surface area contributed by atoms with E-state index in [1.807, 2.05) is 10.8 Å². The zero-order valence-electron chi connectivity index (χ0n) is 21.9. The molecule has 188 valence electrons. The van der Waals surface area contributed by atoms with E-state index in [9.17, 15) is 9.59 Å². The van der Waals surface area contributed by atoms with Gasteiger partial charge in [0.15, 0.2) is 0 Å². The predicted molar refractivity (Wildman–Crippen MR) is 142 cm³/mol. The fraction of sp³-hybridized carbons (Fsp3) is 0.793. The Kier molecular flexibility index (Phi) is 13.3. The van der Waals surface area contributed by atoms with Gasteiger partial charge in [0.25, 0.3) is 11.8 Å². The average Bonchev–Trinajstić information content (AvgIpc) is 3.39. The number of hydrogen-bond donors (Lipinski definition) is 0. The molecule has 3 unspecified atom stereocenters. The molecule has 0 N–H and O–H groups in total. The quantitative estimate of drug-likeness (QED) is 0.148. The molecule has 0 spiro atoms. The van der Waals surface area contributed by atoms with E-state index in [-0.39, 0.29) is 17.9 Å². The van der Waals surface area contributed by atoms with Crippen LogP contribution in [0.3, 0.4) is 0 Å². The fourth-order valence-corrected chi connectivity index (χ4v) is 6.52. The van der Waals surface area contributed by atoms with E-state index in [1.165, 1.54) is 82.0 Å². The van der Waals surface area contributed by atoms with Gasteiger partial charge < -0.3 is 0 Å². The molecule has 0 radical (unpaired) electrons. The molecule has 1 aromatic heterocycles. The van der Waals surface area contributed by atoms with Gasteiger partial charge >= 0.3 is 0 Å². The van der Waals surface area contributed by atoms with E-state index in [0.717, 1.165) is 32.1 Å². The second-order valence-corrected chi connectivity index (χ2v) is 10.9. The SMILES string of the molecule is CCCCCCCCC(CC)C(C(CCC)CCCCCCC)N1C(=O)c2cscc2C1=O. The Balaban J connectivity index is 2.17. The van der Waals surface area contributed by atoms with Crippen molar-refractivity contribution in [1.29, 1.82) is 0 Å². The van der Waals surface area contributed by atoms with Gasteiger partial charge in [-0.05, 0) is 31.1 Å². The molecule has 2 amide bonds. The van der Waals surface area contributed by atoms with Crippen LogP contribution in [0.2, 0.25) is 0 Å². The molecular formula is C29H49NO2S. The fourth-order valence-electron chi connectivity index (χ4n) is 5.73. The molecule has 1 aromatic rings. The zero-order chi connectivity index (χ0) is 24.1. The first-order valence-corrected chi connectivity index (χ1v) is 15.0. The lowest BCUT2D eigenvalue weighted by Crippen LogP contribution is -2.48. The summed E-state index contributed by atoms with van der Waals surface area (Å²) in [7, 11) is 0. The Morgan fingerprint density at radius 2 is 1.12 bits per heavy atom. The zero-order valence-corrected chi connectivity index (χ0v) is 22.7. The van der Waals surface area contributed by atoms with Gasteiger partial charge in [0.1, 0.15) is 0 Å². The van der Waals surface area contributed by atoms with Gasteiger partial charge in [0.05, 0.1) is 11.1 Å². The summed E-state index contributed by atoms with van der Waals surface area (Å²) < 4.78 is 0. The summed E-state index contributed by atoms with van der Waals surface area (Å²) in [4.78, 5) is 28.5. The Hall–Kier alpha value is -1.16. The summed E-state index contributed by atoms with van der Waals surface area (Å²) in [5.41, 5.74) is 1.28. The Labute approximate surface area is 207 Å². The van der Waals surface area contributed by atoms with Crippen molar-refractivity contribution in [2.75, 3.05) is 0 Å². The van der Waals surface area contributed by atoms with Gasteiger partial charge in [-0.1, -0.05) is 111 Å². The number of carbonyl (C=O) groups excluding carboxylic acids is 2. The maximum Gasteiger partial charge on any atom is 0.262 e. The van der Waals surface area contributed by atoms with Crippen LogP contribution in [0.25, 0.3) is 0 Å². The monoisotopic (exact) mass is 475 g/mol. The van der Waals surface area contributed by atoms with Crippen molar-refractivity contribution < 1.29 is 9.59 Å². The molecule has 2 rings (SSSR count). The number of nitrogens with zero attached hydrogens (tertiary/aromatic N) is 1. The van der Waals surface area contributed by atoms with Crippen LogP contribution in [-0.2, 0) is 0 Å². The largest absolute Gasteiger partial charge is 0.271 e. The van der Waals surface area contributed by atoms with E-state index in [0.29, 0.717) is 23.0 Å². The topological polar surface area (TPSA) is 37.4 Å². The predicted octanol–water partition coefficient (Wildman–Crippen LogP) is 9.27. The molecule has 1 aliphatic heterocycles. The van der Waals surface area contributed by atoms with Crippen LogP contribution < -0.4 is 0 Å². The lowest BCUT2D eigenvalue weighted by Gasteiger charge is -2.39. The van der Waals surface area contributed by atoms with Gasteiger partial charge in [0.2, 0.25) is 0 Å². The van der Waals surface area contributed by atoms with E-state index in [4.69, 9.17) is 0 Å². The average molecular weight is 476 g/mol. The number of imide groups is 1. The van der Waals surface area contributed by atoms with E-state index >= 15 is 0 Å². The Morgan fingerprint density at radius 1 is 0.636 bits per heavy atom. The smallest absolute Gasteiger partial charge is 0.262 e. The van der Waals surface area contributed by atoms with Gasteiger partial charge in [-0.3, -0.25) is 14.5 Å². The number of thiophene rings is 1. The van der Waals surface area contributed by atoms with Crippen LogP contribution in [0, 0.1) is 11.8 Å². The molecule has 2 heterocycles. The third-order valence-electron chi connectivity index (χ3n) is 7.62. The van der Waals surface area contributed by atoms with E-state index in [2.05, 4.69) is 27.7 Å². The van der Waals surface area contributed by atoms with Crippen LogP contribution >= 0.6 is 11.3 Å². The van der Waals surface area contributed by atoms with Crippen LogP contribution in [-0.4, -0.2) is 22.8 Å². The Bertz CT molecular complexity index is 667. The number of rotatable bonds is 19. The number of hydrogen-bond acceptors (Lipinski definition) is 3. The second-order valence-electron chi connectivity index (χ2n) is 10.1. The van der Waals surface area contributed by atoms with Crippen LogP contribution in [0.1, 0.15) is 151 Å². The molecule has 3 nitrogen and oxygen atoms in total. The first-order valence-electron chi connectivity index (χ1n) is 14.0. The van der Waals surface area contributed by atoms with Gasteiger partial charge in [-0.25, -0.2) is 0 Å². The highest BCUT2D eigenvalue weighted by atomic mass is 32.1. The van der Waals surface area contributed by atoms with Crippen molar-refractivity contribution in [3.05, 3.63) is 21.9 Å². The third-order valence-corrected chi connectivity index (χ3v) is 8.36. The van der Waals surface area contributed by atoms with Crippen molar-refractivity contribution in [2.45, 2.75) is 136 Å². The van der Waals surface area contributed by atoms with Crippen molar-refractivity contribution in [1.82, 2.24) is 4.90 Å².